The summed E-state index contributed by atoms with van der Waals surface area (Å²) >= 11 is 0. The maximum Gasteiger partial charge on any atom is 0.121 e. The van der Waals surface area contributed by atoms with Crippen LogP contribution in [-0.4, -0.2) is 23.0 Å². The summed E-state index contributed by atoms with van der Waals surface area (Å²) in [4.78, 5) is 0. The number of nitrogen functional groups attached to an aromatic ring is 1. The van der Waals surface area contributed by atoms with Crippen molar-refractivity contribution in [3.63, 3.8) is 0 Å². The number of anilines is 1. The van der Waals surface area contributed by atoms with Crippen molar-refractivity contribution in [2.45, 2.75) is 18.8 Å². The zero-order valence-corrected chi connectivity index (χ0v) is 11.2. The molecule has 2 N–H and O–H groups in total. The van der Waals surface area contributed by atoms with Gasteiger partial charge in [0.25, 0.3) is 0 Å². The second-order valence-corrected chi connectivity index (χ2v) is 5.05. The van der Waals surface area contributed by atoms with E-state index in [-0.39, 0.29) is 0 Å². The Morgan fingerprint density at radius 1 is 1.26 bits per heavy atom. The fourth-order valence-electron chi connectivity index (χ4n) is 2.71. The van der Waals surface area contributed by atoms with E-state index in [1.54, 1.807) is 4.68 Å². The van der Waals surface area contributed by atoms with Crippen LogP contribution >= 0.6 is 0 Å². The minimum absolute atomic E-state index is 0.563. The van der Waals surface area contributed by atoms with Gasteiger partial charge in [-0.05, 0) is 24.3 Å². The molecule has 0 aliphatic carbocycles. The van der Waals surface area contributed by atoms with Crippen LogP contribution in [0.2, 0.25) is 0 Å². The van der Waals surface area contributed by atoms with Gasteiger partial charge in [0.1, 0.15) is 5.82 Å². The molecule has 2 aromatic rings. The molecule has 1 aliphatic heterocycles. The average molecular weight is 257 g/mol. The predicted octanol–water partition coefficient (Wildman–Crippen LogP) is 2.56. The molecule has 2 heterocycles. The molecule has 3 rings (SSSR count). The molecule has 0 saturated carbocycles. The lowest BCUT2D eigenvalue weighted by Gasteiger charge is -2.24. The number of nitrogens with two attached hydrogens (primary N) is 1. The van der Waals surface area contributed by atoms with Crippen molar-refractivity contribution in [2.24, 2.45) is 7.05 Å². The summed E-state index contributed by atoms with van der Waals surface area (Å²) in [5.41, 5.74) is 9.41. The molecule has 0 atom stereocenters. The van der Waals surface area contributed by atoms with Gasteiger partial charge in [0.05, 0.1) is 5.69 Å². The standard InChI is InChI=1S/C15H19N3O/c1-18-15(16)10-14(17-18)13-5-3-2-4-12(13)11-6-8-19-9-7-11/h2-5,10-11H,6-9,16H2,1H3. The van der Waals surface area contributed by atoms with Crippen LogP contribution in [0.5, 0.6) is 0 Å². The van der Waals surface area contributed by atoms with Gasteiger partial charge in [0.15, 0.2) is 0 Å². The van der Waals surface area contributed by atoms with Crippen molar-refractivity contribution < 1.29 is 4.74 Å². The van der Waals surface area contributed by atoms with Crippen molar-refractivity contribution in [1.29, 1.82) is 0 Å². The zero-order valence-electron chi connectivity index (χ0n) is 11.2. The molecule has 0 radical (unpaired) electrons. The Bertz CT molecular complexity index is 551. The molecule has 1 aromatic carbocycles. The van der Waals surface area contributed by atoms with E-state index < -0.39 is 0 Å². The molecule has 100 valence electrons. The lowest BCUT2D eigenvalue weighted by molar-refractivity contribution is 0.0854. The van der Waals surface area contributed by atoms with Crippen LogP contribution in [0.25, 0.3) is 11.3 Å². The predicted molar refractivity (Wildman–Crippen MR) is 75.9 cm³/mol. The number of rotatable bonds is 2. The first-order valence-corrected chi connectivity index (χ1v) is 6.72. The van der Waals surface area contributed by atoms with Crippen molar-refractivity contribution in [3.8, 4) is 11.3 Å². The summed E-state index contributed by atoms with van der Waals surface area (Å²) < 4.78 is 7.17. The molecule has 1 saturated heterocycles. The molecule has 19 heavy (non-hydrogen) atoms. The zero-order chi connectivity index (χ0) is 13.2. The highest BCUT2D eigenvalue weighted by Crippen LogP contribution is 2.34. The molecule has 1 fully saturated rings. The van der Waals surface area contributed by atoms with E-state index in [0.29, 0.717) is 11.7 Å². The second kappa shape index (κ2) is 5.05. The van der Waals surface area contributed by atoms with Crippen molar-refractivity contribution >= 4 is 5.82 Å². The van der Waals surface area contributed by atoms with E-state index in [1.165, 1.54) is 11.1 Å². The molecule has 4 heteroatoms. The van der Waals surface area contributed by atoms with Gasteiger partial charge in [0.2, 0.25) is 0 Å². The van der Waals surface area contributed by atoms with Crippen LogP contribution in [0.4, 0.5) is 5.82 Å². The molecule has 0 bridgehead atoms. The summed E-state index contributed by atoms with van der Waals surface area (Å²) in [6.07, 6.45) is 2.17. The minimum Gasteiger partial charge on any atom is -0.384 e. The summed E-state index contributed by atoms with van der Waals surface area (Å²) in [5.74, 6) is 1.25. The largest absolute Gasteiger partial charge is 0.384 e. The first-order valence-electron chi connectivity index (χ1n) is 6.72. The van der Waals surface area contributed by atoms with Gasteiger partial charge >= 0.3 is 0 Å². The van der Waals surface area contributed by atoms with Gasteiger partial charge in [0, 0.05) is 31.9 Å². The highest BCUT2D eigenvalue weighted by molar-refractivity contribution is 5.67. The fourth-order valence-corrected chi connectivity index (χ4v) is 2.71. The van der Waals surface area contributed by atoms with Crippen LogP contribution in [0.15, 0.2) is 30.3 Å². The topological polar surface area (TPSA) is 53.1 Å². The third-order valence-electron chi connectivity index (χ3n) is 3.81. The van der Waals surface area contributed by atoms with Gasteiger partial charge in [-0.1, -0.05) is 24.3 Å². The van der Waals surface area contributed by atoms with Gasteiger partial charge in [-0.2, -0.15) is 5.10 Å². The van der Waals surface area contributed by atoms with Gasteiger partial charge in [-0.25, -0.2) is 0 Å². The highest BCUT2D eigenvalue weighted by Gasteiger charge is 2.20. The van der Waals surface area contributed by atoms with Crippen molar-refractivity contribution in [1.82, 2.24) is 9.78 Å². The van der Waals surface area contributed by atoms with E-state index in [4.69, 9.17) is 10.5 Å². The van der Waals surface area contributed by atoms with Gasteiger partial charge < -0.3 is 10.5 Å². The average Bonchev–Trinajstić information content (AvgIpc) is 2.80. The van der Waals surface area contributed by atoms with E-state index >= 15 is 0 Å². The van der Waals surface area contributed by atoms with Gasteiger partial charge in [-0.3, -0.25) is 4.68 Å². The Labute approximate surface area is 113 Å². The Hall–Kier alpha value is -1.81. The third kappa shape index (κ3) is 2.36. The molecule has 0 unspecified atom stereocenters. The Morgan fingerprint density at radius 3 is 2.68 bits per heavy atom. The summed E-state index contributed by atoms with van der Waals surface area (Å²) in [5, 5.41) is 4.50. The number of nitrogens with zero attached hydrogens (tertiary/aromatic N) is 2. The minimum atomic E-state index is 0.563. The van der Waals surface area contributed by atoms with Crippen LogP contribution in [0.3, 0.4) is 0 Å². The van der Waals surface area contributed by atoms with Gasteiger partial charge in [-0.15, -0.1) is 0 Å². The smallest absolute Gasteiger partial charge is 0.121 e. The van der Waals surface area contributed by atoms with Crippen molar-refractivity contribution in [3.05, 3.63) is 35.9 Å². The van der Waals surface area contributed by atoms with Crippen LogP contribution in [0, 0.1) is 0 Å². The first-order chi connectivity index (χ1) is 9.25. The summed E-state index contributed by atoms with van der Waals surface area (Å²) in [6.45, 7) is 1.70. The second-order valence-electron chi connectivity index (χ2n) is 5.05. The SMILES string of the molecule is Cn1nc(-c2ccccc2C2CCOCC2)cc1N. The number of hydrogen-bond acceptors (Lipinski definition) is 3. The Morgan fingerprint density at radius 2 is 2.00 bits per heavy atom. The van der Waals surface area contributed by atoms with E-state index in [1.807, 2.05) is 13.1 Å². The lowest BCUT2D eigenvalue weighted by Crippen LogP contribution is -2.14. The maximum atomic E-state index is 5.89. The summed E-state index contributed by atoms with van der Waals surface area (Å²) in [7, 11) is 1.87. The van der Waals surface area contributed by atoms with Crippen molar-refractivity contribution in [2.75, 3.05) is 18.9 Å². The maximum absolute atomic E-state index is 5.89. The quantitative estimate of drug-likeness (QED) is 0.899. The number of aryl methyl sites for hydroxylation is 1. The van der Waals surface area contributed by atoms with Crippen LogP contribution in [0.1, 0.15) is 24.3 Å². The molecule has 0 amide bonds. The number of benzene rings is 1. The highest BCUT2D eigenvalue weighted by atomic mass is 16.5. The molecular formula is C15H19N3O. The first kappa shape index (κ1) is 12.2. The third-order valence-corrected chi connectivity index (χ3v) is 3.81. The Balaban J connectivity index is 2.01. The molecule has 1 aliphatic rings. The molecule has 0 spiro atoms. The fraction of sp³-hybridized carbons (Fsp3) is 0.400. The molecule has 4 nitrogen and oxygen atoms in total. The van der Waals surface area contributed by atoms with Crippen LogP contribution in [-0.2, 0) is 11.8 Å². The molecule has 1 aromatic heterocycles. The number of ether oxygens (including phenoxy) is 1. The van der Waals surface area contributed by atoms with E-state index in [9.17, 15) is 0 Å². The molecular weight excluding hydrogens is 238 g/mol. The Kier molecular flexibility index (Phi) is 3.25. The number of aromatic nitrogens is 2. The van der Waals surface area contributed by atoms with E-state index in [2.05, 4.69) is 29.4 Å². The monoisotopic (exact) mass is 257 g/mol. The summed E-state index contributed by atoms with van der Waals surface area (Å²) in [6, 6.07) is 10.4. The normalized spacial score (nSPS) is 16.7. The van der Waals surface area contributed by atoms with Crippen LogP contribution < -0.4 is 5.73 Å². The number of hydrogen-bond donors (Lipinski definition) is 1. The van der Waals surface area contributed by atoms with E-state index in [0.717, 1.165) is 31.7 Å². The lowest BCUT2D eigenvalue weighted by atomic mass is 9.87.